The molecule has 1 nitrogen and oxygen atoms in total. The maximum atomic E-state index is 10.6. The Labute approximate surface area is 173 Å². The largest absolute Gasteiger partial charge is 0.390 e. The molecule has 0 aromatic heterocycles. The predicted molar refractivity (Wildman–Crippen MR) is 124 cm³/mol. The van der Waals surface area contributed by atoms with Crippen molar-refractivity contribution < 1.29 is 5.11 Å². The summed E-state index contributed by atoms with van der Waals surface area (Å²) in [7, 11) is 0. The zero-order valence-corrected chi connectivity index (χ0v) is 19.5. The first kappa shape index (κ1) is 27.0. The third-order valence-electron chi connectivity index (χ3n) is 6.14. The normalized spacial score (nSPS) is 12.0. The molecular formula is C26H54O. The fourth-order valence-corrected chi connectivity index (χ4v) is 4.11. The maximum absolute atomic E-state index is 10.6. The molecule has 0 aliphatic heterocycles. The summed E-state index contributed by atoms with van der Waals surface area (Å²) >= 11 is 0. The Hall–Kier alpha value is -0.0400. The predicted octanol–water partition coefficient (Wildman–Crippen LogP) is 9.36. The smallest absolute Gasteiger partial charge is 0.0619 e. The van der Waals surface area contributed by atoms with Crippen molar-refractivity contribution in [3.8, 4) is 0 Å². The summed E-state index contributed by atoms with van der Waals surface area (Å²) in [5.74, 6) is 0. The monoisotopic (exact) mass is 382 g/mol. The zero-order chi connectivity index (χ0) is 20.1. The van der Waals surface area contributed by atoms with Crippen LogP contribution in [0.1, 0.15) is 162 Å². The van der Waals surface area contributed by atoms with Crippen molar-refractivity contribution in [2.24, 2.45) is 0 Å². The second kappa shape index (κ2) is 20.7. The van der Waals surface area contributed by atoms with E-state index in [-0.39, 0.29) is 0 Å². The molecule has 164 valence electrons. The van der Waals surface area contributed by atoms with Crippen LogP contribution in [0, 0.1) is 0 Å². The van der Waals surface area contributed by atoms with E-state index in [1.165, 1.54) is 128 Å². The summed E-state index contributed by atoms with van der Waals surface area (Å²) in [5, 5.41) is 10.6. The van der Waals surface area contributed by atoms with Crippen molar-refractivity contribution in [3.63, 3.8) is 0 Å². The first-order chi connectivity index (χ1) is 13.1. The molecule has 1 N–H and O–H groups in total. The van der Waals surface area contributed by atoms with Gasteiger partial charge in [0.05, 0.1) is 5.60 Å². The molecule has 0 radical (unpaired) electrons. The van der Waals surface area contributed by atoms with Gasteiger partial charge in [-0.25, -0.2) is 0 Å². The molecule has 0 saturated heterocycles. The first-order valence-corrected chi connectivity index (χ1v) is 12.8. The fraction of sp³-hybridized carbons (Fsp3) is 1.00. The highest BCUT2D eigenvalue weighted by Gasteiger charge is 2.18. The van der Waals surface area contributed by atoms with Gasteiger partial charge in [-0.2, -0.15) is 0 Å². The molecule has 0 aliphatic carbocycles. The fourth-order valence-electron chi connectivity index (χ4n) is 4.11. The summed E-state index contributed by atoms with van der Waals surface area (Å²) in [6.07, 6.45) is 29.5. The molecule has 1 heteroatoms. The van der Waals surface area contributed by atoms with Gasteiger partial charge >= 0.3 is 0 Å². The van der Waals surface area contributed by atoms with Gasteiger partial charge in [-0.1, -0.05) is 142 Å². The van der Waals surface area contributed by atoms with Crippen LogP contribution >= 0.6 is 0 Å². The molecule has 0 bridgehead atoms. The van der Waals surface area contributed by atoms with Crippen LogP contribution in [0.4, 0.5) is 0 Å². The van der Waals surface area contributed by atoms with E-state index in [0.717, 1.165) is 12.8 Å². The van der Waals surface area contributed by atoms with Gasteiger partial charge in [0, 0.05) is 0 Å². The summed E-state index contributed by atoms with van der Waals surface area (Å²) in [4.78, 5) is 0. The number of rotatable bonds is 22. The molecule has 0 aliphatic rings. The first-order valence-electron chi connectivity index (χ1n) is 12.8. The van der Waals surface area contributed by atoms with Gasteiger partial charge < -0.3 is 5.11 Å². The van der Waals surface area contributed by atoms with Gasteiger partial charge in [0.25, 0.3) is 0 Å². The molecule has 27 heavy (non-hydrogen) atoms. The van der Waals surface area contributed by atoms with E-state index in [0.29, 0.717) is 0 Å². The van der Waals surface area contributed by atoms with Gasteiger partial charge in [0.15, 0.2) is 0 Å². The molecule has 0 saturated carbocycles. The van der Waals surface area contributed by atoms with Crippen LogP contribution in [0.3, 0.4) is 0 Å². The molecule has 0 unspecified atom stereocenters. The lowest BCUT2D eigenvalue weighted by Gasteiger charge is -2.23. The van der Waals surface area contributed by atoms with Crippen LogP contribution < -0.4 is 0 Å². The molecule has 0 heterocycles. The highest BCUT2D eigenvalue weighted by atomic mass is 16.3. The van der Waals surface area contributed by atoms with E-state index in [4.69, 9.17) is 0 Å². The van der Waals surface area contributed by atoms with E-state index in [1.54, 1.807) is 0 Å². The summed E-state index contributed by atoms with van der Waals surface area (Å²) in [6, 6.07) is 0. The van der Waals surface area contributed by atoms with Crippen LogP contribution in [0.15, 0.2) is 0 Å². The van der Waals surface area contributed by atoms with Gasteiger partial charge in [-0.15, -0.1) is 0 Å². The van der Waals surface area contributed by atoms with E-state index in [9.17, 15) is 5.11 Å². The van der Waals surface area contributed by atoms with Crippen LogP contribution in [-0.2, 0) is 0 Å². The lowest BCUT2D eigenvalue weighted by Crippen LogP contribution is -2.23. The minimum absolute atomic E-state index is 0.416. The van der Waals surface area contributed by atoms with Gasteiger partial charge in [-0.3, -0.25) is 0 Å². The SMILES string of the molecule is CCCCCCCCCCCCC(C)(O)CCCCCCCCCCCC. The van der Waals surface area contributed by atoms with E-state index < -0.39 is 5.60 Å². The minimum Gasteiger partial charge on any atom is -0.390 e. The molecule has 0 aromatic rings. The molecular weight excluding hydrogens is 328 g/mol. The third-order valence-corrected chi connectivity index (χ3v) is 6.14. The molecule has 0 atom stereocenters. The van der Waals surface area contributed by atoms with Crippen molar-refractivity contribution in [3.05, 3.63) is 0 Å². The van der Waals surface area contributed by atoms with Gasteiger partial charge in [0.1, 0.15) is 0 Å². The Morgan fingerprint density at radius 1 is 0.407 bits per heavy atom. The minimum atomic E-state index is -0.416. The third kappa shape index (κ3) is 22.1. The van der Waals surface area contributed by atoms with Crippen LogP contribution in [-0.4, -0.2) is 10.7 Å². The standard InChI is InChI=1S/C26H54O/c1-4-6-8-10-12-14-16-18-20-22-24-26(3,27)25-23-21-19-17-15-13-11-9-7-5-2/h27H,4-25H2,1-3H3. The Morgan fingerprint density at radius 3 is 0.889 bits per heavy atom. The molecule has 0 fully saturated rings. The van der Waals surface area contributed by atoms with E-state index in [1.807, 2.05) is 0 Å². The Balaban J connectivity index is 3.31. The summed E-state index contributed by atoms with van der Waals surface area (Å²) in [6.45, 7) is 6.63. The van der Waals surface area contributed by atoms with Crippen LogP contribution in [0.25, 0.3) is 0 Å². The Kier molecular flexibility index (Phi) is 20.7. The number of hydrogen-bond donors (Lipinski definition) is 1. The van der Waals surface area contributed by atoms with E-state index >= 15 is 0 Å². The van der Waals surface area contributed by atoms with Crippen molar-refractivity contribution in [2.75, 3.05) is 0 Å². The van der Waals surface area contributed by atoms with E-state index in [2.05, 4.69) is 20.8 Å². The topological polar surface area (TPSA) is 20.2 Å². The van der Waals surface area contributed by atoms with Crippen molar-refractivity contribution >= 4 is 0 Å². The molecule has 0 amide bonds. The highest BCUT2D eigenvalue weighted by molar-refractivity contribution is 4.72. The zero-order valence-electron chi connectivity index (χ0n) is 19.5. The summed E-state index contributed by atoms with van der Waals surface area (Å²) < 4.78 is 0. The summed E-state index contributed by atoms with van der Waals surface area (Å²) in [5.41, 5.74) is -0.416. The van der Waals surface area contributed by atoms with Gasteiger partial charge in [0.2, 0.25) is 0 Å². The quantitative estimate of drug-likeness (QED) is 0.185. The average molecular weight is 383 g/mol. The number of hydrogen-bond acceptors (Lipinski definition) is 1. The van der Waals surface area contributed by atoms with Gasteiger partial charge in [-0.05, 0) is 19.8 Å². The number of unbranched alkanes of at least 4 members (excludes halogenated alkanes) is 18. The van der Waals surface area contributed by atoms with Crippen molar-refractivity contribution in [2.45, 2.75) is 168 Å². The Morgan fingerprint density at radius 2 is 0.630 bits per heavy atom. The Bertz CT molecular complexity index is 245. The lowest BCUT2D eigenvalue weighted by atomic mass is 9.91. The second-order valence-corrected chi connectivity index (χ2v) is 9.36. The van der Waals surface area contributed by atoms with Crippen molar-refractivity contribution in [1.29, 1.82) is 0 Å². The highest BCUT2D eigenvalue weighted by Crippen LogP contribution is 2.23. The maximum Gasteiger partial charge on any atom is 0.0619 e. The molecule has 0 spiro atoms. The average Bonchev–Trinajstić information content (AvgIpc) is 2.64. The number of aliphatic hydroxyl groups is 1. The van der Waals surface area contributed by atoms with Crippen LogP contribution in [0.5, 0.6) is 0 Å². The van der Waals surface area contributed by atoms with Crippen LogP contribution in [0.2, 0.25) is 0 Å². The van der Waals surface area contributed by atoms with Crippen molar-refractivity contribution in [1.82, 2.24) is 0 Å². The molecule has 0 rings (SSSR count). The lowest BCUT2D eigenvalue weighted by molar-refractivity contribution is 0.0366. The molecule has 0 aromatic carbocycles. The second-order valence-electron chi connectivity index (χ2n) is 9.36.